The SMILES string of the molecule is COC1(C(=O)Cc2ccc(F)c(Cl)c2)CCCC1. The third kappa shape index (κ3) is 2.57. The maximum atomic E-state index is 13.0. The average molecular weight is 271 g/mol. The highest BCUT2D eigenvalue weighted by molar-refractivity contribution is 6.30. The van der Waals surface area contributed by atoms with Crippen molar-refractivity contribution in [1.29, 1.82) is 0 Å². The minimum atomic E-state index is -0.638. The lowest BCUT2D eigenvalue weighted by Crippen LogP contribution is -2.38. The van der Waals surface area contributed by atoms with Gasteiger partial charge in [-0.15, -0.1) is 0 Å². The van der Waals surface area contributed by atoms with E-state index >= 15 is 0 Å². The molecule has 0 saturated heterocycles. The summed E-state index contributed by atoms with van der Waals surface area (Å²) < 4.78 is 18.5. The van der Waals surface area contributed by atoms with Crippen LogP contribution in [0.25, 0.3) is 0 Å². The van der Waals surface area contributed by atoms with Gasteiger partial charge in [-0.05, 0) is 43.4 Å². The second-order valence-corrected chi connectivity index (χ2v) is 5.16. The first-order chi connectivity index (χ1) is 8.57. The molecule has 1 saturated carbocycles. The highest BCUT2D eigenvalue weighted by atomic mass is 35.5. The van der Waals surface area contributed by atoms with Crippen LogP contribution in [0.2, 0.25) is 5.02 Å². The van der Waals surface area contributed by atoms with Gasteiger partial charge >= 0.3 is 0 Å². The molecule has 98 valence electrons. The van der Waals surface area contributed by atoms with Crippen LogP contribution in [0.3, 0.4) is 0 Å². The number of ether oxygens (including phenoxy) is 1. The summed E-state index contributed by atoms with van der Waals surface area (Å²) in [5.41, 5.74) is 0.0932. The van der Waals surface area contributed by atoms with Gasteiger partial charge in [-0.25, -0.2) is 4.39 Å². The van der Waals surface area contributed by atoms with Gasteiger partial charge in [-0.3, -0.25) is 4.79 Å². The highest BCUT2D eigenvalue weighted by Gasteiger charge is 2.40. The van der Waals surface area contributed by atoms with E-state index in [9.17, 15) is 9.18 Å². The molecule has 1 aromatic carbocycles. The van der Waals surface area contributed by atoms with Gasteiger partial charge in [0.15, 0.2) is 5.78 Å². The monoisotopic (exact) mass is 270 g/mol. The fraction of sp³-hybridized carbons (Fsp3) is 0.500. The van der Waals surface area contributed by atoms with Crippen molar-refractivity contribution in [3.63, 3.8) is 0 Å². The zero-order chi connectivity index (χ0) is 13.2. The minimum absolute atomic E-state index is 0.0539. The Morgan fingerprint density at radius 1 is 1.44 bits per heavy atom. The number of carbonyl (C=O) groups excluding carboxylic acids is 1. The summed E-state index contributed by atoms with van der Waals surface area (Å²) in [6.07, 6.45) is 3.83. The summed E-state index contributed by atoms with van der Waals surface area (Å²) in [5, 5.41) is 0.0539. The number of Topliss-reactive ketones (excluding diaryl/α,β-unsaturated/α-hetero) is 1. The van der Waals surface area contributed by atoms with Crippen LogP contribution in [0.4, 0.5) is 4.39 Å². The van der Waals surface area contributed by atoms with Crippen molar-refractivity contribution in [2.75, 3.05) is 7.11 Å². The highest BCUT2D eigenvalue weighted by Crippen LogP contribution is 2.34. The zero-order valence-electron chi connectivity index (χ0n) is 10.3. The Kier molecular flexibility index (Phi) is 4.03. The molecule has 0 heterocycles. The normalized spacial score (nSPS) is 17.9. The molecule has 1 fully saturated rings. The van der Waals surface area contributed by atoms with E-state index in [1.165, 1.54) is 12.1 Å². The Bertz CT molecular complexity index is 453. The molecule has 0 aliphatic heterocycles. The van der Waals surface area contributed by atoms with Crippen molar-refractivity contribution in [2.24, 2.45) is 0 Å². The fourth-order valence-electron chi connectivity index (χ4n) is 2.54. The van der Waals surface area contributed by atoms with Gasteiger partial charge in [0, 0.05) is 13.5 Å². The summed E-state index contributed by atoms with van der Waals surface area (Å²) >= 11 is 5.71. The predicted molar refractivity (Wildman–Crippen MR) is 68.3 cm³/mol. The summed E-state index contributed by atoms with van der Waals surface area (Å²) in [6, 6.07) is 4.39. The quantitative estimate of drug-likeness (QED) is 0.836. The summed E-state index contributed by atoms with van der Waals surface area (Å²) in [4.78, 5) is 12.3. The van der Waals surface area contributed by atoms with Crippen LogP contribution in [0.5, 0.6) is 0 Å². The average Bonchev–Trinajstić information content (AvgIpc) is 2.84. The molecule has 0 N–H and O–H groups in total. The number of hydrogen-bond acceptors (Lipinski definition) is 2. The van der Waals surface area contributed by atoms with Crippen LogP contribution < -0.4 is 0 Å². The van der Waals surface area contributed by atoms with E-state index in [1.54, 1.807) is 13.2 Å². The molecule has 2 nitrogen and oxygen atoms in total. The number of carbonyl (C=O) groups is 1. The molecule has 4 heteroatoms. The maximum absolute atomic E-state index is 13.0. The van der Waals surface area contributed by atoms with Gasteiger partial charge in [-0.1, -0.05) is 17.7 Å². The summed E-state index contributed by atoms with van der Waals surface area (Å²) in [7, 11) is 1.58. The molecule has 0 aromatic heterocycles. The Balaban J connectivity index is 2.13. The molecular weight excluding hydrogens is 255 g/mol. The Labute approximate surface area is 111 Å². The number of rotatable bonds is 4. The van der Waals surface area contributed by atoms with E-state index < -0.39 is 11.4 Å². The molecule has 1 aliphatic carbocycles. The third-order valence-corrected chi connectivity index (χ3v) is 3.95. The van der Waals surface area contributed by atoms with Crippen molar-refractivity contribution in [3.8, 4) is 0 Å². The van der Waals surface area contributed by atoms with E-state index in [1.807, 2.05) is 0 Å². The van der Waals surface area contributed by atoms with Gasteiger partial charge in [0.2, 0.25) is 0 Å². The van der Waals surface area contributed by atoms with Crippen molar-refractivity contribution < 1.29 is 13.9 Å². The fourth-order valence-corrected chi connectivity index (χ4v) is 2.74. The number of methoxy groups -OCH3 is 1. The van der Waals surface area contributed by atoms with Gasteiger partial charge < -0.3 is 4.74 Å². The first kappa shape index (κ1) is 13.5. The number of benzene rings is 1. The molecule has 0 amide bonds. The first-order valence-electron chi connectivity index (χ1n) is 6.10. The standard InChI is InChI=1S/C14H16ClFO2/c1-18-14(6-2-3-7-14)13(17)9-10-4-5-12(16)11(15)8-10/h4-5,8H,2-3,6-7,9H2,1H3. The second-order valence-electron chi connectivity index (χ2n) is 4.75. The molecule has 0 spiro atoms. The van der Waals surface area contributed by atoms with Crippen LogP contribution in [0, 0.1) is 5.82 Å². The van der Waals surface area contributed by atoms with Gasteiger partial charge in [0.1, 0.15) is 11.4 Å². The van der Waals surface area contributed by atoms with E-state index in [4.69, 9.17) is 16.3 Å². The molecule has 0 radical (unpaired) electrons. The Hall–Kier alpha value is -0.930. The topological polar surface area (TPSA) is 26.3 Å². The minimum Gasteiger partial charge on any atom is -0.370 e. The van der Waals surface area contributed by atoms with E-state index in [2.05, 4.69) is 0 Å². The van der Waals surface area contributed by atoms with Crippen LogP contribution in [-0.2, 0) is 16.0 Å². The van der Waals surface area contributed by atoms with Crippen LogP contribution in [-0.4, -0.2) is 18.5 Å². The molecule has 0 atom stereocenters. The molecule has 2 rings (SSSR count). The Morgan fingerprint density at radius 3 is 2.67 bits per heavy atom. The second kappa shape index (κ2) is 5.37. The van der Waals surface area contributed by atoms with Crippen LogP contribution in [0.1, 0.15) is 31.2 Å². The lowest BCUT2D eigenvalue weighted by atomic mass is 9.91. The van der Waals surface area contributed by atoms with E-state index in [0.717, 1.165) is 31.2 Å². The molecule has 18 heavy (non-hydrogen) atoms. The lowest BCUT2D eigenvalue weighted by Gasteiger charge is -2.25. The Morgan fingerprint density at radius 2 is 2.11 bits per heavy atom. The van der Waals surface area contributed by atoms with Gasteiger partial charge in [-0.2, -0.15) is 0 Å². The summed E-state index contributed by atoms with van der Waals surface area (Å²) in [5.74, 6) is -0.402. The predicted octanol–water partition coefficient (Wildman–Crippen LogP) is 3.55. The largest absolute Gasteiger partial charge is 0.370 e. The number of ketones is 1. The van der Waals surface area contributed by atoms with Crippen LogP contribution in [0.15, 0.2) is 18.2 Å². The summed E-state index contributed by atoms with van der Waals surface area (Å²) in [6.45, 7) is 0. The molecular formula is C14H16ClFO2. The maximum Gasteiger partial charge on any atom is 0.168 e. The van der Waals surface area contributed by atoms with E-state index in [0.29, 0.717) is 0 Å². The number of hydrogen-bond donors (Lipinski definition) is 0. The van der Waals surface area contributed by atoms with Crippen molar-refractivity contribution in [3.05, 3.63) is 34.6 Å². The van der Waals surface area contributed by atoms with Gasteiger partial charge in [0.05, 0.1) is 5.02 Å². The van der Waals surface area contributed by atoms with Crippen LogP contribution >= 0.6 is 11.6 Å². The van der Waals surface area contributed by atoms with Gasteiger partial charge in [0.25, 0.3) is 0 Å². The lowest BCUT2D eigenvalue weighted by molar-refractivity contribution is -0.139. The van der Waals surface area contributed by atoms with E-state index in [-0.39, 0.29) is 17.2 Å². The molecule has 1 aromatic rings. The first-order valence-corrected chi connectivity index (χ1v) is 6.47. The van der Waals surface area contributed by atoms with Crippen molar-refractivity contribution in [1.82, 2.24) is 0 Å². The third-order valence-electron chi connectivity index (χ3n) is 3.66. The van der Waals surface area contributed by atoms with Crippen molar-refractivity contribution in [2.45, 2.75) is 37.7 Å². The zero-order valence-corrected chi connectivity index (χ0v) is 11.1. The molecule has 0 unspecified atom stereocenters. The molecule has 1 aliphatic rings. The van der Waals surface area contributed by atoms with Crippen molar-refractivity contribution >= 4 is 17.4 Å². The molecule has 0 bridgehead atoms. The smallest absolute Gasteiger partial charge is 0.168 e. The number of halogens is 2.